The van der Waals surface area contributed by atoms with Gasteiger partial charge in [0.2, 0.25) is 0 Å². The number of aromatic nitrogens is 3. The van der Waals surface area contributed by atoms with Crippen LogP contribution in [0.15, 0.2) is 72.0 Å². The summed E-state index contributed by atoms with van der Waals surface area (Å²) in [5, 5.41) is 8.20. The van der Waals surface area contributed by atoms with Gasteiger partial charge in [0.05, 0.1) is 11.2 Å². The van der Waals surface area contributed by atoms with Crippen LogP contribution >= 0.6 is 11.8 Å². The number of rotatable bonds is 6. The number of ether oxygens (including phenoxy) is 1. The molecule has 0 unspecified atom stereocenters. The van der Waals surface area contributed by atoms with E-state index in [-0.39, 0.29) is 5.75 Å². The molecule has 1 N–H and O–H groups in total. The Morgan fingerprint density at radius 2 is 1.66 bits per heavy atom. The fourth-order valence-corrected chi connectivity index (χ4v) is 6.21. The zero-order valence-electron chi connectivity index (χ0n) is 25.1. The molecular weight excluding hydrogens is 589 g/mol. The number of amides is 2. The number of nitrogens with zero attached hydrogens (tertiary/aromatic N) is 5. The highest BCUT2D eigenvalue weighted by molar-refractivity contribution is 8.14. The standard InChI is InChI=1S/C32H33F3N6O2S/c1-20-17-21(2)27(22(3)18-20)40-15-6-16-44-30(40)37-29(42)38-31(4,5)24-9-7-23(8-10-24)28-36-19-41(39-28)25-11-13-26(14-12-25)43-32(33,34)35/h7-14,17-19H,6,15-16H2,1-5H3,(H,38,42)/b37-30-. The lowest BCUT2D eigenvalue weighted by Gasteiger charge is -2.32. The predicted molar refractivity (Wildman–Crippen MR) is 168 cm³/mol. The third-order valence-corrected chi connectivity index (χ3v) is 8.26. The van der Waals surface area contributed by atoms with Crippen LogP contribution in [0.3, 0.4) is 0 Å². The summed E-state index contributed by atoms with van der Waals surface area (Å²) < 4.78 is 42.7. The van der Waals surface area contributed by atoms with Crippen LogP contribution in [0.4, 0.5) is 23.7 Å². The first-order valence-corrected chi connectivity index (χ1v) is 15.1. The van der Waals surface area contributed by atoms with Crippen LogP contribution in [0.25, 0.3) is 17.1 Å². The normalized spacial score (nSPS) is 15.0. The second kappa shape index (κ2) is 12.4. The first-order valence-electron chi connectivity index (χ1n) is 14.1. The molecule has 0 spiro atoms. The fourth-order valence-electron chi connectivity index (χ4n) is 5.27. The van der Waals surface area contributed by atoms with Crippen molar-refractivity contribution in [2.24, 2.45) is 4.99 Å². The molecule has 1 aliphatic heterocycles. The number of carbonyl (C=O) groups is 1. The summed E-state index contributed by atoms with van der Waals surface area (Å²) in [5.41, 5.74) is 6.05. The van der Waals surface area contributed by atoms with Crippen molar-refractivity contribution in [1.29, 1.82) is 0 Å². The molecule has 2 amide bonds. The number of urea groups is 1. The molecule has 1 aromatic heterocycles. The maximum Gasteiger partial charge on any atom is 0.573 e. The van der Waals surface area contributed by atoms with Crippen LogP contribution in [0.2, 0.25) is 0 Å². The van der Waals surface area contributed by atoms with Crippen LogP contribution < -0.4 is 15.0 Å². The largest absolute Gasteiger partial charge is 0.573 e. The highest BCUT2D eigenvalue weighted by Gasteiger charge is 2.31. The Morgan fingerprint density at radius 1 is 1.00 bits per heavy atom. The number of hydrogen-bond acceptors (Lipinski definition) is 5. The molecule has 1 fully saturated rings. The van der Waals surface area contributed by atoms with Gasteiger partial charge in [0, 0.05) is 23.5 Å². The van der Waals surface area contributed by atoms with Crippen LogP contribution in [-0.2, 0) is 5.54 Å². The van der Waals surface area contributed by atoms with E-state index in [1.54, 1.807) is 11.8 Å². The first kappa shape index (κ1) is 31.1. The molecule has 44 heavy (non-hydrogen) atoms. The topological polar surface area (TPSA) is 84.6 Å². The molecular formula is C32H33F3N6O2S. The Bertz CT molecular complexity index is 1660. The zero-order chi connectivity index (χ0) is 31.6. The highest BCUT2D eigenvalue weighted by Crippen LogP contribution is 2.32. The van der Waals surface area contributed by atoms with Gasteiger partial charge in [-0.2, -0.15) is 4.99 Å². The van der Waals surface area contributed by atoms with E-state index < -0.39 is 17.9 Å². The minimum atomic E-state index is -4.76. The lowest BCUT2D eigenvalue weighted by Crippen LogP contribution is -2.41. The number of halogens is 3. The number of thioether (sulfide) groups is 1. The van der Waals surface area contributed by atoms with Gasteiger partial charge < -0.3 is 15.0 Å². The number of aliphatic imine (C=N–C) groups is 1. The summed E-state index contributed by atoms with van der Waals surface area (Å²) in [4.78, 5) is 24.2. The molecule has 0 radical (unpaired) electrons. The van der Waals surface area contributed by atoms with Crippen LogP contribution in [0, 0.1) is 20.8 Å². The van der Waals surface area contributed by atoms with Crippen molar-refractivity contribution in [2.75, 3.05) is 17.2 Å². The van der Waals surface area contributed by atoms with Crippen molar-refractivity contribution in [2.45, 2.75) is 52.9 Å². The van der Waals surface area contributed by atoms with E-state index in [1.165, 1.54) is 40.8 Å². The zero-order valence-corrected chi connectivity index (χ0v) is 25.9. The Hall–Kier alpha value is -4.32. The monoisotopic (exact) mass is 622 g/mol. The maximum atomic E-state index is 13.2. The molecule has 4 aromatic rings. The van der Waals surface area contributed by atoms with Crippen molar-refractivity contribution >= 4 is 28.6 Å². The van der Waals surface area contributed by atoms with E-state index in [1.807, 2.05) is 38.1 Å². The molecule has 0 atom stereocenters. The Labute approximate surface area is 258 Å². The Morgan fingerprint density at radius 3 is 2.30 bits per heavy atom. The van der Waals surface area contributed by atoms with Gasteiger partial charge in [-0.15, -0.1) is 18.3 Å². The summed E-state index contributed by atoms with van der Waals surface area (Å²) in [6.07, 6.45) is -2.26. The molecule has 8 nitrogen and oxygen atoms in total. The second-order valence-electron chi connectivity index (χ2n) is 11.2. The number of carbonyl (C=O) groups excluding carboxylic acids is 1. The van der Waals surface area contributed by atoms with E-state index in [9.17, 15) is 18.0 Å². The number of amidine groups is 1. The second-order valence-corrected chi connectivity index (χ2v) is 12.2. The van der Waals surface area contributed by atoms with Gasteiger partial charge in [0.15, 0.2) is 11.0 Å². The molecule has 5 rings (SSSR count). The summed E-state index contributed by atoms with van der Waals surface area (Å²) in [7, 11) is 0. The van der Waals surface area contributed by atoms with Crippen molar-refractivity contribution in [1.82, 2.24) is 20.1 Å². The first-order chi connectivity index (χ1) is 20.8. The van der Waals surface area contributed by atoms with Crippen molar-refractivity contribution in [3.05, 3.63) is 89.2 Å². The minimum Gasteiger partial charge on any atom is -0.406 e. The van der Waals surface area contributed by atoms with Crippen molar-refractivity contribution in [3.8, 4) is 22.8 Å². The third-order valence-electron chi connectivity index (χ3n) is 7.20. The van der Waals surface area contributed by atoms with Crippen molar-refractivity contribution in [3.63, 3.8) is 0 Å². The van der Waals surface area contributed by atoms with Gasteiger partial charge in [0.25, 0.3) is 0 Å². The number of benzene rings is 3. The Kier molecular flexibility index (Phi) is 8.73. The molecule has 230 valence electrons. The van der Waals surface area contributed by atoms with E-state index in [0.717, 1.165) is 46.7 Å². The number of aryl methyl sites for hydroxylation is 3. The van der Waals surface area contributed by atoms with Gasteiger partial charge in [0.1, 0.15) is 12.1 Å². The fraction of sp³-hybridized carbons (Fsp3) is 0.312. The van der Waals surface area contributed by atoms with E-state index in [2.05, 4.69) is 62.9 Å². The molecule has 12 heteroatoms. The van der Waals surface area contributed by atoms with Gasteiger partial charge in [-0.1, -0.05) is 53.7 Å². The quantitative estimate of drug-likeness (QED) is 0.237. The number of anilines is 1. The van der Waals surface area contributed by atoms with Gasteiger partial charge in [-0.25, -0.2) is 14.5 Å². The minimum absolute atomic E-state index is 0.315. The number of hydrogen-bond donors (Lipinski definition) is 1. The summed E-state index contributed by atoms with van der Waals surface area (Å²) in [6.45, 7) is 10.9. The molecule has 0 aliphatic carbocycles. The lowest BCUT2D eigenvalue weighted by atomic mass is 9.93. The van der Waals surface area contributed by atoms with Crippen LogP contribution in [0.5, 0.6) is 5.75 Å². The average molecular weight is 623 g/mol. The van der Waals surface area contributed by atoms with Crippen LogP contribution in [0.1, 0.15) is 42.5 Å². The third kappa shape index (κ3) is 7.24. The lowest BCUT2D eigenvalue weighted by molar-refractivity contribution is -0.274. The predicted octanol–water partition coefficient (Wildman–Crippen LogP) is 7.70. The molecule has 1 aliphatic rings. The van der Waals surface area contributed by atoms with E-state index in [4.69, 9.17) is 0 Å². The summed E-state index contributed by atoms with van der Waals surface area (Å²) in [5.74, 6) is 1.03. The number of alkyl halides is 3. The van der Waals surface area contributed by atoms with Crippen molar-refractivity contribution < 1.29 is 22.7 Å². The summed E-state index contributed by atoms with van der Waals surface area (Å²) in [6, 6.07) is 16.8. The average Bonchev–Trinajstić information content (AvgIpc) is 3.43. The summed E-state index contributed by atoms with van der Waals surface area (Å²) >= 11 is 1.59. The maximum absolute atomic E-state index is 13.2. The smallest absolute Gasteiger partial charge is 0.406 e. The molecule has 0 bridgehead atoms. The van der Waals surface area contributed by atoms with E-state index >= 15 is 0 Å². The molecule has 2 heterocycles. The van der Waals surface area contributed by atoms with Gasteiger partial charge >= 0.3 is 12.4 Å². The van der Waals surface area contributed by atoms with Crippen LogP contribution in [-0.4, -0.2) is 44.6 Å². The molecule has 3 aromatic carbocycles. The highest BCUT2D eigenvalue weighted by atomic mass is 32.2. The molecule has 1 saturated heterocycles. The SMILES string of the molecule is Cc1cc(C)c(N2CCCS/C2=N\C(=O)NC(C)(C)c2ccc(-c3ncn(-c4ccc(OC(F)(F)F)cc4)n3)cc2)c(C)c1. The Balaban J connectivity index is 1.28. The van der Waals surface area contributed by atoms with Gasteiger partial charge in [-0.05, 0) is 82.0 Å². The molecule has 0 saturated carbocycles. The van der Waals surface area contributed by atoms with E-state index in [0.29, 0.717) is 16.7 Å². The number of nitrogens with one attached hydrogen (secondary N) is 1. The van der Waals surface area contributed by atoms with Gasteiger partial charge in [-0.3, -0.25) is 0 Å².